The van der Waals surface area contributed by atoms with Gasteiger partial charge in [0, 0.05) is 19.3 Å². The van der Waals surface area contributed by atoms with Gasteiger partial charge in [-0.2, -0.15) is 13.2 Å². The van der Waals surface area contributed by atoms with Gasteiger partial charge in [0.05, 0.1) is 22.5 Å². The summed E-state index contributed by atoms with van der Waals surface area (Å²) in [5, 5.41) is 0.596. The van der Waals surface area contributed by atoms with E-state index in [9.17, 15) is 18.0 Å². The van der Waals surface area contributed by atoms with E-state index in [1.807, 2.05) is 23.1 Å². The number of hydrogen-bond acceptors (Lipinski definition) is 4. The molecule has 1 aliphatic heterocycles. The lowest BCUT2D eigenvalue weighted by Gasteiger charge is -2.27. The van der Waals surface area contributed by atoms with E-state index >= 15 is 0 Å². The van der Waals surface area contributed by atoms with E-state index in [1.54, 1.807) is 10.6 Å². The minimum atomic E-state index is -4.42. The van der Waals surface area contributed by atoms with E-state index in [-0.39, 0.29) is 11.6 Å². The van der Waals surface area contributed by atoms with Crippen LogP contribution >= 0.6 is 0 Å². The first kappa shape index (κ1) is 19.1. The maximum Gasteiger partial charge on any atom is 0.417 e. The van der Waals surface area contributed by atoms with Crippen LogP contribution in [0.5, 0.6) is 0 Å². The third-order valence-corrected chi connectivity index (χ3v) is 5.95. The molecule has 156 valence electrons. The Kier molecular flexibility index (Phi) is 4.52. The average Bonchev–Trinajstić information content (AvgIpc) is 3.42. The lowest BCUT2D eigenvalue weighted by atomic mass is 10.1. The Balaban J connectivity index is 1.57. The molecule has 1 atom stereocenters. The standard InChI is InChI=1S/C22H21F3N4O/c23-22(24,25)15-9-10-19(26-12-15)28-11-3-6-18(28)20-27-17-5-2-1-4-16(17)21(30)29(20)13-14-7-8-14/h1-2,4-5,9-10,12,14,18H,3,6-8,11,13H2. The van der Waals surface area contributed by atoms with Crippen LogP contribution in [0.1, 0.15) is 43.1 Å². The second-order valence-electron chi connectivity index (χ2n) is 8.10. The molecule has 5 nitrogen and oxygen atoms in total. The zero-order chi connectivity index (χ0) is 20.9. The van der Waals surface area contributed by atoms with E-state index in [2.05, 4.69) is 4.98 Å². The fraction of sp³-hybridized carbons (Fsp3) is 0.409. The molecule has 3 aromatic rings. The SMILES string of the molecule is O=c1c2ccccc2nc(C2CCCN2c2ccc(C(F)(F)F)cn2)n1CC1CC1. The largest absolute Gasteiger partial charge is 0.417 e. The summed E-state index contributed by atoms with van der Waals surface area (Å²) < 4.78 is 40.5. The van der Waals surface area contributed by atoms with Crippen LogP contribution < -0.4 is 10.5 Å². The second-order valence-corrected chi connectivity index (χ2v) is 8.10. The zero-order valence-corrected chi connectivity index (χ0v) is 16.3. The van der Waals surface area contributed by atoms with Crippen molar-refractivity contribution in [2.45, 2.75) is 44.4 Å². The predicted octanol–water partition coefficient (Wildman–Crippen LogP) is 4.56. The molecule has 1 aliphatic carbocycles. The van der Waals surface area contributed by atoms with E-state index < -0.39 is 11.7 Å². The summed E-state index contributed by atoms with van der Waals surface area (Å²) in [6, 6.07) is 9.59. The first-order valence-corrected chi connectivity index (χ1v) is 10.2. The maximum atomic E-state index is 13.2. The number of fused-ring (bicyclic) bond motifs is 1. The summed E-state index contributed by atoms with van der Waals surface area (Å²) in [6.07, 6.45) is 0.301. The molecule has 0 N–H and O–H groups in total. The number of benzene rings is 1. The molecule has 5 rings (SSSR count). The molecule has 1 saturated carbocycles. The molecule has 0 amide bonds. The molecule has 2 aliphatic rings. The van der Waals surface area contributed by atoms with Crippen molar-refractivity contribution in [3.63, 3.8) is 0 Å². The highest BCUT2D eigenvalue weighted by atomic mass is 19.4. The van der Waals surface area contributed by atoms with Crippen molar-refractivity contribution >= 4 is 16.7 Å². The molecule has 0 spiro atoms. The second kappa shape index (κ2) is 7.11. The molecular formula is C22H21F3N4O. The quantitative estimate of drug-likeness (QED) is 0.628. The van der Waals surface area contributed by atoms with E-state index in [0.29, 0.717) is 41.6 Å². The number of hydrogen-bond donors (Lipinski definition) is 0. The van der Waals surface area contributed by atoms with Crippen molar-refractivity contribution in [1.82, 2.24) is 14.5 Å². The van der Waals surface area contributed by atoms with Gasteiger partial charge in [0.1, 0.15) is 11.6 Å². The molecule has 1 unspecified atom stereocenters. The highest BCUT2D eigenvalue weighted by Gasteiger charge is 2.35. The predicted molar refractivity (Wildman–Crippen MR) is 107 cm³/mol. The van der Waals surface area contributed by atoms with E-state index in [1.165, 1.54) is 6.07 Å². The van der Waals surface area contributed by atoms with Crippen LogP contribution in [0, 0.1) is 5.92 Å². The Morgan fingerprint density at radius 1 is 1.07 bits per heavy atom. The van der Waals surface area contributed by atoms with Gasteiger partial charge in [0.25, 0.3) is 5.56 Å². The van der Waals surface area contributed by atoms with Gasteiger partial charge >= 0.3 is 6.18 Å². The number of rotatable bonds is 4. The monoisotopic (exact) mass is 414 g/mol. The molecule has 1 saturated heterocycles. The molecule has 0 radical (unpaired) electrons. The fourth-order valence-electron chi connectivity index (χ4n) is 4.21. The highest BCUT2D eigenvalue weighted by molar-refractivity contribution is 5.77. The summed E-state index contributed by atoms with van der Waals surface area (Å²) >= 11 is 0. The molecule has 3 heterocycles. The smallest absolute Gasteiger partial charge is 0.346 e. The van der Waals surface area contributed by atoms with Crippen LogP contribution in [-0.4, -0.2) is 21.1 Å². The lowest BCUT2D eigenvalue weighted by molar-refractivity contribution is -0.137. The van der Waals surface area contributed by atoms with Crippen LogP contribution in [-0.2, 0) is 12.7 Å². The maximum absolute atomic E-state index is 13.2. The average molecular weight is 414 g/mol. The molecule has 1 aromatic carbocycles. The third kappa shape index (κ3) is 3.44. The number of aromatic nitrogens is 3. The van der Waals surface area contributed by atoms with Crippen LogP contribution in [0.3, 0.4) is 0 Å². The van der Waals surface area contributed by atoms with Crippen molar-refractivity contribution in [2.24, 2.45) is 5.92 Å². The Labute approximate surface area is 171 Å². The Hall–Kier alpha value is -2.90. The molecule has 2 aromatic heterocycles. The zero-order valence-electron chi connectivity index (χ0n) is 16.3. The van der Waals surface area contributed by atoms with Crippen molar-refractivity contribution in [1.29, 1.82) is 0 Å². The lowest BCUT2D eigenvalue weighted by Crippen LogP contribution is -2.33. The summed E-state index contributed by atoms with van der Waals surface area (Å²) in [7, 11) is 0. The van der Waals surface area contributed by atoms with Gasteiger partial charge in [-0.15, -0.1) is 0 Å². The molecule has 30 heavy (non-hydrogen) atoms. The number of nitrogens with zero attached hydrogens (tertiary/aromatic N) is 4. The highest BCUT2D eigenvalue weighted by Crippen LogP contribution is 2.37. The minimum absolute atomic E-state index is 0.0465. The molecule has 8 heteroatoms. The third-order valence-electron chi connectivity index (χ3n) is 5.95. The van der Waals surface area contributed by atoms with Gasteiger partial charge in [-0.05, 0) is 55.9 Å². The van der Waals surface area contributed by atoms with Gasteiger partial charge < -0.3 is 4.90 Å². The van der Waals surface area contributed by atoms with E-state index in [0.717, 1.165) is 37.9 Å². The van der Waals surface area contributed by atoms with Crippen molar-refractivity contribution in [3.05, 3.63) is 64.3 Å². The Morgan fingerprint density at radius 2 is 1.87 bits per heavy atom. The van der Waals surface area contributed by atoms with Crippen LogP contribution in [0.25, 0.3) is 10.9 Å². The summed E-state index contributed by atoms with van der Waals surface area (Å²) in [5.41, 5.74) is -0.164. The Morgan fingerprint density at radius 3 is 2.57 bits per heavy atom. The first-order chi connectivity index (χ1) is 14.4. The van der Waals surface area contributed by atoms with Crippen molar-refractivity contribution in [3.8, 4) is 0 Å². The normalized spacial score (nSPS) is 19.6. The molecule has 0 bridgehead atoms. The summed E-state index contributed by atoms with van der Waals surface area (Å²) in [5.74, 6) is 1.65. The number of anilines is 1. The number of pyridine rings is 1. The fourth-order valence-corrected chi connectivity index (χ4v) is 4.21. The summed E-state index contributed by atoms with van der Waals surface area (Å²) in [4.78, 5) is 24.1. The first-order valence-electron chi connectivity index (χ1n) is 10.2. The van der Waals surface area contributed by atoms with Crippen LogP contribution in [0.4, 0.5) is 19.0 Å². The van der Waals surface area contributed by atoms with Crippen molar-refractivity contribution < 1.29 is 13.2 Å². The van der Waals surface area contributed by atoms with Crippen molar-refractivity contribution in [2.75, 3.05) is 11.4 Å². The van der Waals surface area contributed by atoms with Gasteiger partial charge in [0.2, 0.25) is 0 Å². The summed E-state index contributed by atoms with van der Waals surface area (Å²) in [6.45, 7) is 1.30. The molecular weight excluding hydrogens is 393 g/mol. The van der Waals surface area contributed by atoms with Gasteiger partial charge in [-0.3, -0.25) is 9.36 Å². The minimum Gasteiger partial charge on any atom is -0.346 e. The Bertz CT molecular complexity index is 1140. The van der Waals surface area contributed by atoms with Gasteiger partial charge in [-0.1, -0.05) is 12.1 Å². The van der Waals surface area contributed by atoms with Gasteiger partial charge in [-0.25, -0.2) is 9.97 Å². The van der Waals surface area contributed by atoms with Crippen LogP contribution in [0.2, 0.25) is 0 Å². The van der Waals surface area contributed by atoms with Gasteiger partial charge in [0.15, 0.2) is 0 Å². The topological polar surface area (TPSA) is 51.0 Å². The number of halogens is 3. The van der Waals surface area contributed by atoms with Crippen LogP contribution in [0.15, 0.2) is 47.4 Å². The number of para-hydroxylation sites is 1. The molecule has 2 fully saturated rings. The van der Waals surface area contributed by atoms with E-state index in [4.69, 9.17) is 4.98 Å². The number of alkyl halides is 3.